The molecule has 0 atom stereocenters. The van der Waals surface area contributed by atoms with Crippen molar-refractivity contribution in [3.8, 4) is 11.3 Å². The van der Waals surface area contributed by atoms with Gasteiger partial charge in [0.2, 0.25) is 0 Å². The topological polar surface area (TPSA) is 81.9 Å². The summed E-state index contributed by atoms with van der Waals surface area (Å²) in [6.45, 7) is 5.55. The zero-order valence-electron chi connectivity index (χ0n) is 20.8. The monoisotopic (exact) mass is 511 g/mol. The van der Waals surface area contributed by atoms with E-state index in [2.05, 4.69) is 21.9 Å². The first-order valence-electron chi connectivity index (χ1n) is 12.3. The van der Waals surface area contributed by atoms with Gasteiger partial charge in [-0.15, -0.1) is 0 Å². The average molecular weight is 512 g/mol. The van der Waals surface area contributed by atoms with Gasteiger partial charge in [0.25, 0.3) is 5.56 Å². The highest BCUT2D eigenvalue weighted by molar-refractivity contribution is 5.86. The maximum Gasteiger partial charge on any atom is 0.411 e. The van der Waals surface area contributed by atoms with Crippen molar-refractivity contribution in [2.45, 2.75) is 19.4 Å². The molecule has 1 aliphatic heterocycles. The second-order valence-electron chi connectivity index (χ2n) is 9.33. The summed E-state index contributed by atoms with van der Waals surface area (Å²) in [7, 11) is 2.12. The number of piperazine rings is 1. The van der Waals surface area contributed by atoms with Crippen LogP contribution in [0.3, 0.4) is 0 Å². The summed E-state index contributed by atoms with van der Waals surface area (Å²) in [4.78, 5) is 30.4. The Balaban J connectivity index is 1.43. The number of hydrogen-bond acceptors (Lipinski definition) is 5. The predicted octanol–water partition coefficient (Wildman–Crippen LogP) is 3.75. The highest BCUT2D eigenvalue weighted by atomic mass is 19.1. The van der Waals surface area contributed by atoms with Gasteiger partial charge < -0.3 is 14.9 Å². The Morgan fingerprint density at radius 1 is 1.00 bits per heavy atom. The minimum atomic E-state index is -1.04. The Kier molecular flexibility index (Phi) is 8.62. The Morgan fingerprint density at radius 3 is 2.43 bits per heavy atom. The van der Waals surface area contributed by atoms with Crippen LogP contribution < -0.4 is 10.5 Å². The molecule has 1 aliphatic rings. The third kappa shape index (κ3) is 7.21. The van der Waals surface area contributed by atoms with Crippen LogP contribution >= 0.6 is 0 Å². The van der Waals surface area contributed by atoms with Gasteiger partial charge in [-0.3, -0.25) is 9.69 Å². The fraction of sp³-hybridized carbons (Fsp3) is 0.370. The number of carbonyl (C=O) groups is 1. The molecule has 0 bridgehead atoms. The van der Waals surface area contributed by atoms with E-state index in [-0.39, 0.29) is 23.4 Å². The molecule has 0 saturated carbocycles. The van der Waals surface area contributed by atoms with Crippen molar-refractivity contribution < 1.29 is 18.7 Å². The maximum absolute atomic E-state index is 13.7. The molecule has 1 N–H and O–H groups in total. The normalized spacial score (nSPS) is 14.6. The lowest BCUT2D eigenvalue weighted by Crippen LogP contribution is -2.44. The summed E-state index contributed by atoms with van der Waals surface area (Å²) in [5.41, 5.74) is 1.28. The number of benzene rings is 2. The van der Waals surface area contributed by atoms with Crippen LogP contribution in [0, 0.1) is 11.6 Å². The van der Waals surface area contributed by atoms with Crippen LogP contribution in [0.15, 0.2) is 59.4 Å². The molecule has 4 rings (SSSR count). The summed E-state index contributed by atoms with van der Waals surface area (Å²) in [5.74, 6) is -1.47. The van der Waals surface area contributed by atoms with E-state index in [1.807, 2.05) is 0 Å². The van der Waals surface area contributed by atoms with Gasteiger partial charge >= 0.3 is 6.09 Å². The molecule has 2 heterocycles. The van der Waals surface area contributed by atoms with E-state index in [0.717, 1.165) is 63.8 Å². The van der Waals surface area contributed by atoms with Gasteiger partial charge in [0, 0.05) is 56.1 Å². The van der Waals surface area contributed by atoms with Crippen molar-refractivity contribution in [1.29, 1.82) is 0 Å². The summed E-state index contributed by atoms with van der Waals surface area (Å²) in [5, 5.41) is 14.1. The number of aromatic nitrogens is 2. The SMILES string of the molecule is CN1CCN(CCCCN(C(=O)O)c2cccc(Cn3nc(-c4cc(F)cc(F)c4)ccc3=O)c2)CC1. The second kappa shape index (κ2) is 12.1. The molecular weight excluding hydrogens is 480 g/mol. The van der Waals surface area contributed by atoms with Crippen molar-refractivity contribution in [3.05, 3.63) is 82.1 Å². The molecule has 0 unspecified atom stereocenters. The number of carboxylic acid groups (broad SMARTS) is 1. The van der Waals surface area contributed by atoms with Gasteiger partial charge in [-0.05, 0) is 62.3 Å². The number of nitrogens with zero attached hydrogens (tertiary/aromatic N) is 5. The summed E-state index contributed by atoms with van der Waals surface area (Å²) >= 11 is 0. The van der Waals surface area contributed by atoms with Crippen LogP contribution in [0.1, 0.15) is 18.4 Å². The van der Waals surface area contributed by atoms with Crippen LogP contribution in [0.2, 0.25) is 0 Å². The van der Waals surface area contributed by atoms with E-state index >= 15 is 0 Å². The first-order valence-corrected chi connectivity index (χ1v) is 12.3. The largest absolute Gasteiger partial charge is 0.465 e. The Labute approximate surface area is 214 Å². The molecule has 2 aromatic carbocycles. The number of anilines is 1. The quantitative estimate of drug-likeness (QED) is 0.441. The molecule has 1 saturated heterocycles. The second-order valence-corrected chi connectivity index (χ2v) is 9.33. The molecule has 3 aromatic rings. The highest BCUT2D eigenvalue weighted by Crippen LogP contribution is 2.20. The Hall–Kier alpha value is -3.63. The lowest BCUT2D eigenvalue weighted by molar-refractivity contribution is 0.152. The number of amides is 1. The van der Waals surface area contributed by atoms with Crippen LogP contribution in [-0.2, 0) is 6.54 Å². The van der Waals surface area contributed by atoms with Crippen molar-refractivity contribution >= 4 is 11.8 Å². The number of likely N-dealkylation sites (N-methyl/N-ethyl adjacent to an activating group) is 1. The third-order valence-electron chi connectivity index (χ3n) is 6.51. The van der Waals surface area contributed by atoms with Gasteiger partial charge in [0.05, 0.1) is 12.2 Å². The zero-order chi connectivity index (χ0) is 26.4. The molecule has 1 fully saturated rings. The molecular formula is C27H31F2N5O3. The first kappa shape index (κ1) is 26.4. The fourth-order valence-electron chi connectivity index (χ4n) is 4.43. The molecule has 0 spiro atoms. The van der Waals surface area contributed by atoms with Crippen LogP contribution in [-0.4, -0.2) is 77.1 Å². The average Bonchev–Trinajstić information content (AvgIpc) is 2.86. The zero-order valence-corrected chi connectivity index (χ0v) is 20.8. The van der Waals surface area contributed by atoms with Gasteiger partial charge in [0.1, 0.15) is 11.6 Å². The predicted molar refractivity (Wildman–Crippen MR) is 138 cm³/mol. The maximum atomic E-state index is 13.7. The molecule has 1 amide bonds. The van der Waals surface area contributed by atoms with Crippen LogP contribution in [0.4, 0.5) is 19.3 Å². The molecule has 0 aliphatic carbocycles. The van der Waals surface area contributed by atoms with Gasteiger partial charge in [0.15, 0.2) is 0 Å². The lowest BCUT2D eigenvalue weighted by Gasteiger charge is -2.32. The van der Waals surface area contributed by atoms with Crippen molar-refractivity contribution in [3.63, 3.8) is 0 Å². The van der Waals surface area contributed by atoms with Gasteiger partial charge in [-0.1, -0.05) is 12.1 Å². The third-order valence-corrected chi connectivity index (χ3v) is 6.51. The minimum absolute atomic E-state index is 0.0785. The Morgan fingerprint density at radius 2 is 1.73 bits per heavy atom. The van der Waals surface area contributed by atoms with Gasteiger partial charge in [-0.2, -0.15) is 5.10 Å². The van der Waals surface area contributed by atoms with Gasteiger partial charge in [-0.25, -0.2) is 18.3 Å². The van der Waals surface area contributed by atoms with E-state index in [4.69, 9.17) is 0 Å². The summed E-state index contributed by atoms with van der Waals surface area (Å²) in [6, 6.07) is 12.7. The Bertz CT molecular complexity index is 1270. The number of unbranched alkanes of at least 4 members (excludes halogenated alkanes) is 1. The van der Waals surface area contributed by atoms with Crippen LogP contribution in [0.5, 0.6) is 0 Å². The molecule has 8 nitrogen and oxygen atoms in total. The van der Waals surface area contributed by atoms with E-state index in [1.165, 1.54) is 21.7 Å². The number of hydrogen-bond donors (Lipinski definition) is 1. The molecule has 0 radical (unpaired) electrons. The van der Waals surface area contributed by atoms with E-state index < -0.39 is 17.7 Å². The van der Waals surface area contributed by atoms with Crippen LogP contribution in [0.25, 0.3) is 11.3 Å². The molecule has 196 valence electrons. The smallest absolute Gasteiger partial charge is 0.411 e. The van der Waals surface area contributed by atoms with E-state index in [9.17, 15) is 23.5 Å². The highest BCUT2D eigenvalue weighted by Gasteiger charge is 2.17. The fourth-order valence-corrected chi connectivity index (χ4v) is 4.43. The van der Waals surface area contributed by atoms with E-state index in [0.29, 0.717) is 17.8 Å². The lowest BCUT2D eigenvalue weighted by atomic mass is 10.1. The van der Waals surface area contributed by atoms with E-state index in [1.54, 1.807) is 24.3 Å². The summed E-state index contributed by atoms with van der Waals surface area (Å²) in [6.07, 6.45) is 0.595. The molecule has 37 heavy (non-hydrogen) atoms. The molecule has 10 heteroatoms. The number of halogens is 2. The molecule has 1 aromatic heterocycles. The number of rotatable bonds is 9. The van der Waals surface area contributed by atoms with Crippen molar-refractivity contribution in [2.24, 2.45) is 0 Å². The standard InChI is InChI=1S/C27H31F2N5O3/c1-31-11-13-32(14-12-31)9-2-3-10-33(27(36)37)24-6-4-5-20(15-24)19-34-26(35)8-7-25(30-34)21-16-22(28)18-23(29)17-21/h4-8,15-18H,2-3,9-14,19H2,1H3,(H,36,37). The van der Waals surface area contributed by atoms with Crippen molar-refractivity contribution in [1.82, 2.24) is 19.6 Å². The minimum Gasteiger partial charge on any atom is -0.465 e. The first-order chi connectivity index (χ1) is 17.8. The van der Waals surface area contributed by atoms with Crippen molar-refractivity contribution in [2.75, 3.05) is 51.2 Å². The summed E-state index contributed by atoms with van der Waals surface area (Å²) < 4.78 is 28.5.